The fraction of sp³-hybridized carbons (Fsp3) is 0.0189. The Kier molecular flexibility index (Phi) is 7.23. The van der Waals surface area contributed by atoms with Crippen molar-refractivity contribution in [2.75, 3.05) is 0 Å². The van der Waals surface area contributed by atoms with Crippen molar-refractivity contribution in [3.8, 4) is 11.4 Å². The minimum Gasteiger partial charge on any atom is -0.344 e. The minimum absolute atomic E-state index is 0.265. The summed E-state index contributed by atoms with van der Waals surface area (Å²) in [5.74, 6) is 1.52. The number of aliphatic imine (C=N–C) groups is 2. The molecule has 0 bridgehead atoms. The van der Waals surface area contributed by atoms with Gasteiger partial charge in [0.25, 0.3) is 0 Å². The number of hydrogen-bond acceptors (Lipinski definition) is 3. The van der Waals surface area contributed by atoms with Gasteiger partial charge in [-0.2, -0.15) is 0 Å². The van der Waals surface area contributed by atoms with Crippen LogP contribution < -0.4 is 5.32 Å². The third kappa shape index (κ3) is 5.10. The van der Waals surface area contributed by atoms with Crippen molar-refractivity contribution in [3.05, 3.63) is 217 Å². The predicted molar refractivity (Wildman–Crippen MR) is 242 cm³/mol. The van der Waals surface area contributed by atoms with Gasteiger partial charge in [-0.15, -0.1) is 0 Å². The third-order valence-electron chi connectivity index (χ3n) is 11.7. The summed E-state index contributed by atoms with van der Waals surface area (Å²) in [5, 5.41) is 13.4. The molecule has 9 aromatic carbocycles. The Bertz CT molecular complexity index is 3430. The van der Waals surface area contributed by atoms with E-state index in [9.17, 15) is 0 Å². The number of para-hydroxylation sites is 2. The third-order valence-corrected chi connectivity index (χ3v) is 11.7. The van der Waals surface area contributed by atoms with E-state index >= 15 is 0 Å². The van der Waals surface area contributed by atoms with Crippen LogP contribution >= 0.6 is 0 Å². The van der Waals surface area contributed by atoms with Crippen LogP contribution in [-0.2, 0) is 0 Å². The number of nitrogens with one attached hydrogen (secondary N) is 1. The Morgan fingerprint density at radius 1 is 0.397 bits per heavy atom. The van der Waals surface area contributed by atoms with Crippen molar-refractivity contribution in [3.63, 3.8) is 0 Å². The van der Waals surface area contributed by atoms with Crippen molar-refractivity contribution < 1.29 is 0 Å². The SMILES string of the molecule is c1ccc(C2=NC(c3ccccc3)NC(c3cccc4cc(-n5c6ccc(-n7c8ccccc8c8ccccc87)cc6c6cc7ccccc7cc65)ccc34)=N2)cc1. The molecule has 1 atom stereocenters. The number of fused-ring (bicyclic) bond motifs is 8. The molecule has 0 saturated carbocycles. The van der Waals surface area contributed by atoms with E-state index in [4.69, 9.17) is 9.98 Å². The Balaban J connectivity index is 1.04. The van der Waals surface area contributed by atoms with Crippen LogP contribution in [0.5, 0.6) is 0 Å². The predicted octanol–water partition coefficient (Wildman–Crippen LogP) is 12.7. The maximum Gasteiger partial charge on any atom is 0.159 e. The lowest BCUT2D eigenvalue weighted by Crippen LogP contribution is -2.33. The number of amidine groups is 2. The standard InChI is InChI=1S/C53H35N5/c1-3-14-34(15-4-1)51-54-52(35-16-5-2-6-17-35)56-53(55-51)44-23-13-20-38-30-39(26-28-41(38)44)58-49-29-27-40(33-46(49)45-31-36-18-7-8-19-37(36)32-50(45)58)57-47-24-11-9-21-42(47)43-22-10-12-25-48(43)57/h1-33,51H,(H,54,55,56). The molecule has 1 unspecified atom stereocenters. The molecule has 5 heteroatoms. The second kappa shape index (κ2) is 12.9. The lowest BCUT2D eigenvalue weighted by atomic mass is 10.0. The summed E-state index contributed by atoms with van der Waals surface area (Å²) in [6.45, 7) is 0. The highest BCUT2D eigenvalue weighted by atomic mass is 15.2. The van der Waals surface area contributed by atoms with E-state index in [2.05, 4.69) is 190 Å². The molecule has 1 N–H and O–H groups in total. The largest absolute Gasteiger partial charge is 0.344 e. The van der Waals surface area contributed by atoms with E-state index in [0.717, 1.165) is 56.0 Å². The second-order valence-electron chi connectivity index (χ2n) is 15.1. The monoisotopic (exact) mass is 741 g/mol. The smallest absolute Gasteiger partial charge is 0.159 e. The highest BCUT2D eigenvalue weighted by Gasteiger charge is 2.23. The lowest BCUT2D eigenvalue weighted by molar-refractivity contribution is 0.674. The molecule has 1 aliphatic rings. The molecule has 0 saturated heterocycles. The van der Waals surface area contributed by atoms with E-state index in [1.165, 1.54) is 48.9 Å². The minimum atomic E-state index is -0.265. The number of aromatic nitrogens is 2. The number of rotatable bonds is 5. The first-order valence-electron chi connectivity index (χ1n) is 19.8. The molecule has 272 valence electrons. The summed E-state index contributed by atoms with van der Waals surface area (Å²) >= 11 is 0. The zero-order chi connectivity index (χ0) is 38.2. The first-order valence-corrected chi connectivity index (χ1v) is 19.8. The van der Waals surface area contributed by atoms with Gasteiger partial charge in [-0.25, -0.2) is 9.98 Å². The average molecular weight is 742 g/mol. The van der Waals surface area contributed by atoms with Crippen LogP contribution in [0.2, 0.25) is 0 Å². The van der Waals surface area contributed by atoms with Gasteiger partial charge in [0, 0.05) is 44.0 Å². The Morgan fingerprint density at radius 2 is 0.983 bits per heavy atom. The summed E-state index contributed by atoms with van der Waals surface area (Å²) < 4.78 is 4.84. The molecular formula is C53H35N5. The molecule has 0 spiro atoms. The van der Waals surface area contributed by atoms with Gasteiger partial charge >= 0.3 is 0 Å². The first-order chi connectivity index (χ1) is 28.7. The molecule has 12 rings (SSSR count). The number of benzene rings is 9. The number of nitrogens with zero attached hydrogens (tertiary/aromatic N) is 4. The molecule has 3 heterocycles. The summed E-state index contributed by atoms with van der Waals surface area (Å²) in [4.78, 5) is 10.2. The Labute approximate surface area is 334 Å². The molecule has 2 aromatic heterocycles. The molecular weight excluding hydrogens is 707 g/mol. The molecule has 58 heavy (non-hydrogen) atoms. The van der Waals surface area contributed by atoms with Crippen molar-refractivity contribution in [1.82, 2.24) is 14.5 Å². The van der Waals surface area contributed by atoms with E-state index in [1.54, 1.807) is 0 Å². The summed E-state index contributed by atoms with van der Waals surface area (Å²) in [7, 11) is 0. The molecule has 0 amide bonds. The maximum absolute atomic E-state index is 5.15. The van der Waals surface area contributed by atoms with Crippen LogP contribution in [0.3, 0.4) is 0 Å². The molecule has 5 nitrogen and oxygen atoms in total. The van der Waals surface area contributed by atoms with Gasteiger partial charge in [-0.3, -0.25) is 0 Å². The van der Waals surface area contributed by atoms with Gasteiger partial charge in [-0.1, -0.05) is 146 Å². The van der Waals surface area contributed by atoms with Crippen molar-refractivity contribution in [2.24, 2.45) is 9.98 Å². The van der Waals surface area contributed by atoms with Crippen LogP contribution in [-0.4, -0.2) is 20.8 Å². The fourth-order valence-electron chi connectivity index (χ4n) is 9.04. The molecule has 1 aliphatic heterocycles. The van der Waals surface area contributed by atoms with Gasteiger partial charge in [0.1, 0.15) is 12.0 Å². The maximum atomic E-state index is 5.15. The van der Waals surface area contributed by atoms with Gasteiger partial charge in [0.05, 0.1) is 22.1 Å². The van der Waals surface area contributed by atoms with Crippen LogP contribution in [0.1, 0.15) is 22.9 Å². The van der Waals surface area contributed by atoms with E-state index in [1.807, 2.05) is 24.3 Å². The second-order valence-corrected chi connectivity index (χ2v) is 15.1. The highest BCUT2D eigenvalue weighted by molar-refractivity contribution is 6.18. The Hall–Kier alpha value is -7.76. The quantitative estimate of drug-likeness (QED) is 0.188. The highest BCUT2D eigenvalue weighted by Crippen LogP contribution is 2.39. The zero-order valence-electron chi connectivity index (χ0n) is 31.4. The van der Waals surface area contributed by atoms with Crippen molar-refractivity contribution >= 4 is 76.8 Å². The fourth-order valence-corrected chi connectivity index (χ4v) is 9.04. The summed E-state index contributed by atoms with van der Waals surface area (Å²) in [6, 6.07) is 71.7. The first kappa shape index (κ1) is 32.5. The van der Waals surface area contributed by atoms with Crippen LogP contribution in [0.25, 0.3) is 76.5 Å². The molecule has 0 fully saturated rings. The van der Waals surface area contributed by atoms with E-state index < -0.39 is 0 Å². The van der Waals surface area contributed by atoms with Gasteiger partial charge in [0.15, 0.2) is 5.84 Å². The van der Waals surface area contributed by atoms with Gasteiger partial charge in [-0.05, 0) is 81.7 Å². The van der Waals surface area contributed by atoms with Crippen LogP contribution in [0.4, 0.5) is 0 Å². The van der Waals surface area contributed by atoms with Gasteiger partial charge in [0.2, 0.25) is 0 Å². The topological polar surface area (TPSA) is 46.6 Å². The van der Waals surface area contributed by atoms with E-state index in [0.29, 0.717) is 0 Å². The average Bonchev–Trinajstić information content (AvgIpc) is 3.80. The van der Waals surface area contributed by atoms with Crippen LogP contribution in [0, 0.1) is 0 Å². The molecule has 0 radical (unpaired) electrons. The normalized spacial score (nSPS) is 14.4. The van der Waals surface area contributed by atoms with Crippen molar-refractivity contribution in [2.45, 2.75) is 6.17 Å². The number of hydrogen-bond donors (Lipinski definition) is 1. The molecule has 11 aromatic rings. The van der Waals surface area contributed by atoms with Crippen molar-refractivity contribution in [1.29, 1.82) is 0 Å². The lowest BCUT2D eigenvalue weighted by Gasteiger charge is -2.24. The summed E-state index contributed by atoms with van der Waals surface area (Å²) in [5.41, 5.74) is 10.1. The summed E-state index contributed by atoms with van der Waals surface area (Å²) in [6.07, 6.45) is -0.265. The van der Waals surface area contributed by atoms with Gasteiger partial charge < -0.3 is 14.5 Å². The zero-order valence-corrected chi connectivity index (χ0v) is 31.4. The molecule has 0 aliphatic carbocycles. The Morgan fingerprint density at radius 3 is 1.76 bits per heavy atom. The van der Waals surface area contributed by atoms with E-state index in [-0.39, 0.29) is 6.17 Å². The van der Waals surface area contributed by atoms with Crippen LogP contribution in [0.15, 0.2) is 210 Å².